The Balaban J connectivity index is 1.92. The highest BCUT2D eigenvalue weighted by Gasteiger charge is 2.14. The highest BCUT2D eigenvalue weighted by molar-refractivity contribution is 5.93. The number of aromatic nitrogens is 1. The number of pyridine rings is 1. The number of hydrogen-bond donors (Lipinski definition) is 1. The van der Waals surface area contributed by atoms with Gasteiger partial charge < -0.3 is 14.6 Å². The third-order valence-corrected chi connectivity index (χ3v) is 3.17. The van der Waals surface area contributed by atoms with E-state index in [0.29, 0.717) is 13.2 Å². The van der Waals surface area contributed by atoms with Gasteiger partial charge in [-0.1, -0.05) is 18.2 Å². The van der Waals surface area contributed by atoms with Gasteiger partial charge in [0.15, 0.2) is 0 Å². The van der Waals surface area contributed by atoms with Crippen molar-refractivity contribution in [2.24, 2.45) is 0 Å². The first kappa shape index (κ1) is 14.8. The Morgan fingerprint density at radius 3 is 2.71 bits per heavy atom. The van der Waals surface area contributed by atoms with E-state index in [0.717, 1.165) is 11.3 Å². The molecular formula is C16H18N2O3. The summed E-state index contributed by atoms with van der Waals surface area (Å²) < 4.78 is 5.64. The van der Waals surface area contributed by atoms with Crippen molar-refractivity contribution in [1.29, 1.82) is 0 Å². The lowest BCUT2D eigenvalue weighted by Crippen LogP contribution is -2.34. The summed E-state index contributed by atoms with van der Waals surface area (Å²) in [6.45, 7) is 2.74. The number of likely N-dealkylation sites (N-methyl/N-ethyl adjacent to an activating group) is 1. The second kappa shape index (κ2) is 6.74. The molecule has 5 heteroatoms. The SMILES string of the molecule is Cc1ccccc1OCCN(C)C(=O)c1ccc[nH]c1=O. The molecule has 5 nitrogen and oxygen atoms in total. The Morgan fingerprint density at radius 2 is 2.00 bits per heavy atom. The molecule has 1 aromatic heterocycles. The quantitative estimate of drug-likeness (QED) is 0.912. The molecule has 0 saturated heterocycles. The van der Waals surface area contributed by atoms with Crippen molar-refractivity contribution in [2.75, 3.05) is 20.2 Å². The van der Waals surface area contributed by atoms with Crippen LogP contribution in [0.3, 0.4) is 0 Å². The molecule has 0 aliphatic carbocycles. The van der Waals surface area contributed by atoms with Crippen LogP contribution in [-0.4, -0.2) is 36.0 Å². The van der Waals surface area contributed by atoms with Crippen LogP contribution in [0.4, 0.5) is 0 Å². The fraction of sp³-hybridized carbons (Fsp3) is 0.250. The minimum Gasteiger partial charge on any atom is -0.491 e. The van der Waals surface area contributed by atoms with E-state index in [9.17, 15) is 9.59 Å². The predicted octanol–water partition coefficient (Wildman–Crippen LogP) is 1.83. The highest BCUT2D eigenvalue weighted by Crippen LogP contribution is 2.15. The Kier molecular flexibility index (Phi) is 4.77. The number of carbonyl (C=O) groups excluding carboxylic acids is 1. The smallest absolute Gasteiger partial charge is 0.260 e. The van der Waals surface area contributed by atoms with Gasteiger partial charge in [0, 0.05) is 13.2 Å². The molecule has 0 bridgehead atoms. The van der Waals surface area contributed by atoms with Crippen LogP contribution in [-0.2, 0) is 0 Å². The zero-order valence-corrected chi connectivity index (χ0v) is 12.1. The Labute approximate surface area is 123 Å². The van der Waals surface area contributed by atoms with E-state index in [1.807, 2.05) is 31.2 Å². The molecule has 0 atom stereocenters. The van der Waals surface area contributed by atoms with Crippen LogP contribution in [0, 0.1) is 6.92 Å². The van der Waals surface area contributed by atoms with Crippen LogP contribution < -0.4 is 10.3 Å². The summed E-state index contributed by atoms with van der Waals surface area (Å²) in [4.78, 5) is 27.7. The van der Waals surface area contributed by atoms with Gasteiger partial charge in [-0.2, -0.15) is 0 Å². The van der Waals surface area contributed by atoms with Crippen LogP contribution in [0.25, 0.3) is 0 Å². The van der Waals surface area contributed by atoms with Gasteiger partial charge in [-0.05, 0) is 30.7 Å². The van der Waals surface area contributed by atoms with Crippen molar-refractivity contribution in [1.82, 2.24) is 9.88 Å². The first-order valence-corrected chi connectivity index (χ1v) is 6.71. The average molecular weight is 286 g/mol. The lowest BCUT2D eigenvalue weighted by atomic mass is 10.2. The first-order chi connectivity index (χ1) is 10.1. The van der Waals surface area contributed by atoms with Crippen molar-refractivity contribution in [3.05, 3.63) is 64.1 Å². The lowest BCUT2D eigenvalue weighted by Gasteiger charge is -2.17. The van der Waals surface area contributed by atoms with E-state index in [4.69, 9.17) is 4.74 Å². The molecule has 0 spiro atoms. The van der Waals surface area contributed by atoms with Gasteiger partial charge >= 0.3 is 0 Å². The van der Waals surface area contributed by atoms with Crippen molar-refractivity contribution in [3.63, 3.8) is 0 Å². The van der Waals surface area contributed by atoms with E-state index in [2.05, 4.69) is 4.98 Å². The van der Waals surface area contributed by atoms with E-state index in [1.165, 1.54) is 17.2 Å². The molecule has 110 valence electrons. The fourth-order valence-electron chi connectivity index (χ4n) is 1.91. The van der Waals surface area contributed by atoms with Crippen LogP contribution in [0.1, 0.15) is 15.9 Å². The number of H-pyrrole nitrogens is 1. The summed E-state index contributed by atoms with van der Waals surface area (Å²) in [5.41, 5.74) is 0.802. The predicted molar refractivity (Wildman–Crippen MR) is 80.7 cm³/mol. The van der Waals surface area contributed by atoms with Crippen molar-refractivity contribution < 1.29 is 9.53 Å². The van der Waals surface area contributed by atoms with E-state index in [1.54, 1.807) is 13.1 Å². The molecule has 1 aromatic carbocycles. The first-order valence-electron chi connectivity index (χ1n) is 6.71. The highest BCUT2D eigenvalue weighted by atomic mass is 16.5. The monoisotopic (exact) mass is 286 g/mol. The maximum atomic E-state index is 12.1. The van der Waals surface area contributed by atoms with Crippen LogP contribution in [0.2, 0.25) is 0 Å². The van der Waals surface area contributed by atoms with Gasteiger partial charge in [-0.15, -0.1) is 0 Å². The van der Waals surface area contributed by atoms with Crippen LogP contribution in [0.5, 0.6) is 5.75 Å². The third kappa shape index (κ3) is 3.72. The summed E-state index contributed by atoms with van der Waals surface area (Å²) in [6.07, 6.45) is 1.50. The number of aromatic amines is 1. The second-order valence-corrected chi connectivity index (χ2v) is 4.75. The number of para-hydroxylation sites is 1. The van der Waals surface area contributed by atoms with Gasteiger partial charge in [0.25, 0.3) is 11.5 Å². The molecule has 0 aliphatic heterocycles. The summed E-state index contributed by atoms with van der Waals surface area (Å²) in [5.74, 6) is 0.487. The molecule has 1 amide bonds. The molecule has 0 unspecified atom stereocenters. The Morgan fingerprint density at radius 1 is 1.24 bits per heavy atom. The number of aryl methyl sites for hydroxylation is 1. The molecule has 0 radical (unpaired) electrons. The van der Waals surface area contributed by atoms with Gasteiger partial charge in [0.2, 0.25) is 0 Å². The standard InChI is InChI=1S/C16H18N2O3/c1-12-6-3-4-8-14(12)21-11-10-18(2)16(20)13-7-5-9-17-15(13)19/h3-9H,10-11H2,1-2H3,(H,17,19). The number of rotatable bonds is 5. The molecule has 2 rings (SSSR count). The van der Waals surface area contributed by atoms with Gasteiger partial charge in [0.1, 0.15) is 17.9 Å². The third-order valence-electron chi connectivity index (χ3n) is 3.17. The summed E-state index contributed by atoms with van der Waals surface area (Å²) >= 11 is 0. The molecule has 0 saturated carbocycles. The second-order valence-electron chi connectivity index (χ2n) is 4.75. The maximum absolute atomic E-state index is 12.1. The zero-order chi connectivity index (χ0) is 15.2. The molecular weight excluding hydrogens is 268 g/mol. The number of amides is 1. The number of benzene rings is 1. The summed E-state index contributed by atoms with van der Waals surface area (Å²) in [5, 5.41) is 0. The molecule has 1 heterocycles. The molecule has 0 aliphatic rings. The van der Waals surface area contributed by atoms with Crippen molar-refractivity contribution >= 4 is 5.91 Å². The Bertz CT molecular complexity index is 679. The molecule has 21 heavy (non-hydrogen) atoms. The van der Waals surface area contributed by atoms with E-state index in [-0.39, 0.29) is 17.0 Å². The minimum atomic E-state index is -0.380. The number of hydrogen-bond acceptors (Lipinski definition) is 3. The fourth-order valence-corrected chi connectivity index (χ4v) is 1.91. The lowest BCUT2D eigenvalue weighted by molar-refractivity contribution is 0.0772. The van der Waals surface area contributed by atoms with E-state index >= 15 is 0 Å². The van der Waals surface area contributed by atoms with Gasteiger partial charge in [-0.25, -0.2) is 0 Å². The topological polar surface area (TPSA) is 62.4 Å². The molecule has 2 aromatic rings. The number of ether oxygens (including phenoxy) is 1. The minimum absolute atomic E-state index is 0.135. The number of nitrogens with zero attached hydrogens (tertiary/aromatic N) is 1. The maximum Gasteiger partial charge on any atom is 0.260 e. The molecule has 0 fully saturated rings. The van der Waals surface area contributed by atoms with E-state index < -0.39 is 0 Å². The largest absolute Gasteiger partial charge is 0.491 e. The van der Waals surface area contributed by atoms with Crippen LogP contribution >= 0.6 is 0 Å². The van der Waals surface area contributed by atoms with Gasteiger partial charge in [-0.3, -0.25) is 9.59 Å². The van der Waals surface area contributed by atoms with Crippen molar-refractivity contribution in [3.8, 4) is 5.75 Å². The molecule has 1 N–H and O–H groups in total. The number of carbonyl (C=O) groups is 1. The number of nitrogens with one attached hydrogen (secondary N) is 1. The van der Waals surface area contributed by atoms with Crippen molar-refractivity contribution in [2.45, 2.75) is 6.92 Å². The normalized spacial score (nSPS) is 10.2. The van der Waals surface area contributed by atoms with Gasteiger partial charge in [0.05, 0.1) is 6.54 Å². The summed E-state index contributed by atoms with van der Waals surface area (Å²) in [7, 11) is 1.65. The summed E-state index contributed by atoms with van der Waals surface area (Å²) in [6, 6.07) is 10.8. The zero-order valence-electron chi connectivity index (χ0n) is 12.1. The van der Waals surface area contributed by atoms with Crippen LogP contribution in [0.15, 0.2) is 47.4 Å². The average Bonchev–Trinajstić information content (AvgIpc) is 2.49. The Hall–Kier alpha value is -2.56.